The van der Waals surface area contributed by atoms with Gasteiger partial charge in [-0.05, 0) is 22.9 Å². The Balaban J connectivity index is 3.11. The highest BCUT2D eigenvalue weighted by Gasteiger charge is 2.23. The Morgan fingerprint density at radius 2 is 2.17 bits per heavy atom. The SMILES string of the molecule is COC(=O)C(C)Oc1cc(F)c(Br)cc1[N+](=O)[O-]. The molecule has 1 aromatic carbocycles. The van der Waals surface area contributed by atoms with Gasteiger partial charge >= 0.3 is 11.7 Å². The van der Waals surface area contributed by atoms with E-state index >= 15 is 0 Å². The van der Waals surface area contributed by atoms with Crippen LogP contribution in [0.5, 0.6) is 5.75 Å². The molecule has 1 aromatic rings. The van der Waals surface area contributed by atoms with Crippen molar-refractivity contribution in [3.05, 3.63) is 32.5 Å². The second-order valence-corrected chi connectivity index (χ2v) is 4.13. The maximum atomic E-state index is 13.3. The minimum Gasteiger partial charge on any atom is -0.472 e. The molecule has 0 saturated heterocycles. The van der Waals surface area contributed by atoms with Gasteiger partial charge in [-0.15, -0.1) is 0 Å². The highest BCUT2D eigenvalue weighted by Crippen LogP contribution is 2.33. The summed E-state index contributed by atoms with van der Waals surface area (Å²) < 4.78 is 22.6. The first-order chi connectivity index (χ1) is 8.36. The fraction of sp³-hybridized carbons (Fsp3) is 0.300. The second kappa shape index (κ2) is 5.76. The fourth-order valence-electron chi connectivity index (χ4n) is 1.16. The first-order valence-electron chi connectivity index (χ1n) is 4.74. The van der Waals surface area contributed by atoms with Crippen molar-refractivity contribution in [1.82, 2.24) is 0 Å². The van der Waals surface area contributed by atoms with Crippen LogP contribution < -0.4 is 4.74 Å². The van der Waals surface area contributed by atoms with Crippen molar-refractivity contribution in [3.63, 3.8) is 0 Å². The number of hydrogen-bond donors (Lipinski definition) is 0. The van der Waals surface area contributed by atoms with Crippen LogP contribution in [0, 0.1) is 15.9 Å². The molecule has 0 aliphatic rings. The van der Waals surface area contributed by atoms with E-state index in [0.717, 1.165) is 19.2 Å². The van der Waals surface area contributed by atoms with Crippen LogP contribution in [0.2, 0.25) is 0 Å². The van der Waals surface area contributed by atoms with Crippen LogP contribution >= 0.6 is 15.9 Å². The topological polar surface area (TPSA) is 78.7 Å². The van der Waals surface area contributed by atoms with Gasteiger partial charge in [-0.1, -0.05) is 0 Å². The van der Waals surface area contributed by atoms with E-state index in [1.54, 1.807) is 0 Å². The predicted molar refractivity (Wildman–Crippen MR) is 62.9 cm³/mol. The standard InChI is InChI=1S/C10H9BrFNO5/c1-5(10(14)17-2)18-9-4-7(12)6(11)3-8(9)13(15)16/h3-5H,1-2H3. The van der Waals surface area contributed by atoms with Crippen LogP contribution in [0.15, 0.2) is 16.6 Å². The van der Waals surface area contributed by atoms with Crippen LogP contribution in [0.3, 0.4) is 0 Å². The zero-order valence-electron chi connectivity index (χ0n) is 9.48. The van der Waals surface area contributed by atoms with Crippen LogP contribution in [-0.4, -0.2) is 24.1 Å². The van der Waals surface area contributed by atoms with Gasteiger partial charge in [-0.3, -0.25) is 10.1 Å². The molecule has 98 valence electrons. The number of nitro groups is 1. The number of benzene rings is 1. The van der Waals surface area contributed by atoms with Gasteiger partial charge in [0.2, 0.25) is 5.75 Å². The number of carbonyl (C=O) groups excluding carboxylic acids is 1. The maximum absolute atomic E-state index is 13.3. The van der Waals surface area contributed by atoms with Gasteiger partial charge in [0.05, 0.1) is 16.5 Å². The second-order valence-electron chi connectivity index (χ2n) is 3.27. The summed E-state index contributed by atoms with van der Waals surface area (Å²) in [7, 11) is 1.15. The van der Waals surface area contributed by atoms with Gasteiger partial charge in [0, 0.05) is 12.1 Å². The Morgan fingerprint density at radius 3 is 2.67 bits per heavy atom. The minimum absolute atomic E-state index is 0.0627. The van der Waals surface area contributed by atoms with Crippen molar-refractivity contribution in [2.24, 2.45) is 0 Å². The molecule has 0 aromatic heterocycles. The molecule has 8 heteroatoms. The first kappa shape index (κ1) is 14.4. The van der Waals surface area contributed by atoms with Gasteiger partial charge < -0.3 is 9.47 Å². The van der Waals surface area contributed by atoms with E-state index in [1.165, 1.54) is 6.92 Å². The van der Waals surface area contributed by atoms with Gasteiger partial charge in [0.15, 0.2) is 6.10 Å². The van der Waals surface area contributed by atoms with E-state index in [2.05, 4.69) is 20.7 Å². The van der Waals surface area contributed by atoms with Crippen LogP contribution in [0.4, 0.5) is 10.1 Å². The van der Waals surface area contributed by atoms with Crippen molar-refractivity contribution in [2.45, 2.75) is 13.0 Å². The third-order valence-corrected chi connectivity index (χ3v) is 2.64. The Kier molecular flexibility index (Phi) is 4.60. The van der Waals surface area contributed by atoms with E-state index < -0.39 is 28.5 Å². The van der Waals surface area contributed by atoms with Crippen molar-refractivity contribution in [1.29, 1.82) is 0 Å². The summed E-state index contributed by atoms with van der Waals surface area (Å²) in [6.45, 7) is 1.34. The molecule has 1 unspecified atom stereocenters. The summed E-state index contributed by atoms with van der Waals surface area (Å²) in [6.07, 6.45) is -1.07. The molecule has 0 aliphatic carbocycles. The van der Waals surface area contributed by atoms with Crippen molar-refractivity contribution in [3.8, 4) is 5.75 Å². The summed E-state index contributed by atoms with van der Waals surface area (Å²) in [6, 6.07) is 1.80. The van der Waals surface area contributed by atoms with Gasteiger partial charge in [0.25, 0.3) is 0 Å². The molecule has 0 bridgehead atoms. The van der Waals surface area contributed by atoms with E-state index in [4.69, 9.17) is 4.74 Å². The summed E-state index contributed by atoms with van der Waals surface area (Å²) in [5.41, 5.74) is -0.445. The predicted octanol–water partition coefficient (Wildman–Crippen LogP) is 2.44. The van der Waals surface area contributed by atoms with Crippen LogP contribution in [0.1, 0.15) is 6.92 Å². The highest BCUT2D eigenvalue weighted by atomic mass is 79.9. The van der Waals surface area contributed by atoms with Crippen LogP contribution in [0.25, 0.3) is 0 Å². The molecule has 0 N–H and O–H groups in total. The molecule has 0 fully saturated rings. The molecule has 1 rings (SSSR count). The van der Waals surface area contributed by atoms with Crippen molar-refractivity contribution < 1.29 is 23.6 Å². The highest BCUT2D eigenvalue weighted by molar-refractivity contribution is 9.10. The smallest absolute Gasteiger partial charge is 0.346 e. The molecular weight excluding hydrogens is 313 g/mol. The summed E-state index contributed by atoms with van der Waals surface area (Å²) in [5.74, 6) is -1.78. The Labute approximate surface area is 110 Å². The zero-order valence-corrected chi connectivity index (χ0v) is 11.1. The average Bonchev–Trinajstić information content (AvgIpc) is 2.31. The molecular formula is C10H9BrFNO5. The molecule has 0 heterocycles. The molecule has 0 saturated carbocycles. The summed E-state index contributed by atoms with van der Waals surface area (Å²) in [4.78, 5) is 21.2. The third-order valence-electron chi connectivity index (χ3n) is 2.04. The van der Waals surface area contributed by atoms with E-state index in [-0.39, 0.29) is 10.2 Å². The lowest BCUT2D eigenvalue weighted by Crippen LogP contribution is -2.25. The van der Waals surface area contributed by atoms with E-state index in [1.807, 2.05) is 0 Å². The first-order valence-corrected chi connectivity index (χ1v) is 5.54. The molecule has 18 heavy (non-hydrogen) atoms. The normalized spacial score (nSPS) is 11.8. The van der Waals surface area contributed by atoms with E-state index in [9.17, 15) is 19.3 Å². The third kappa shape index (κ3) is 3.16. The monoisotopic (exact) mass is 321 g/mol. The van der Waals surface area contributed by atoms with Gasteiger partial charge in [-0.25, -0.2) is 9.18 Å². The molecule has 6 nitrogen and oxygen atoms in total. The summed E-state index contributed by atoms with van der Waals surface area (Å²) in [5, 5.41) is 10.8. The zero-order chi connectivity index (χ0) is 13.9. The molecule has 0 radical (unpaired) electrons. The molecule has 0 spiro atoms. The molecule has 0 aliphatic heterocycles. The largest absolute Gasteiger partial charge is 0.472 e. The lowest BCUT2D eigenvalue weighted by molar-refractivity contribution is -0.386. The number of esters is 1. The number of hydrogen-bond acceptors (Lipinski definition) is 5. The van der Waals surface area contributed by atoms with E-state index in [0.29, 0.717) is 0 Å². The quantitative estimate of drug-likeness (QED) is 0.483. The Morgan fingerprint density at radius 1 is 1.56 bits per heavy atom. The van der Waals surface area contributed by atoms with Crippen molar-refractivity contribution in [2.75, 3.05) is 7.11 Å². The molecule has 1 atom stereocenters. The maximum Gasteiger partial charge on any atom is 0.346 e. The van der Waals surface area contributed by atoms with Crippen LogP contribution in [-0.2, 0) is 9.53 Å². The number of rotatable bonds is 4. The average molecular weight is 322 g/mol. The lowest BCUT2D eigenvalue weighted by atomic mass is 10.3. The fourth-order valence-corrected chi connectivity index (χ4v) is 1.49. The van der Waals surface area contributed by atoms with Gasteiger partial charge in [0.1, 0.15) is 5.82 Å². The minimum atomic E-state index is -1.07. The number of nitrogens with zero attached hydrogens (tertiary/aromatic N) is 1. The number of carbonyl (C=O) groups is 1. The Hall–Kier alpha value is -1.70. The van der Waals surface area contributed by atoms with Crippen molar-refractivity contribution >= 4 is 27.6 Å². The number of nitro benzene ring substituents is 1. The molecule has 0 amide bonds. The lowest BCUT2D eigenvalue weighted by Gasteiger charge is -2.12. The number of ether oxygens (including phenoxy) is 2. The number of methoxy groups -OCH3 is 1. The Bertz CT molecular complexity index is 493. The number of halogens is 2. The summed E-state index contributed by atoms with van der Waals surface area (Å²) >= 11 is 2.83. The van der Waals surface area contributed by atoms with Gasteiger partial charge in [-0.2, -0.15) is 0 Å².